The highest BCUT2D eigenvalue weighted by Crippen LogP contribution is 2.55. The van der Waals surface area contributed by atoms with Crippen molar-refractivity contribution in [1.29, 1.82) is 0 Å². The fourth-order valence-electron chi connectivity index (χ4n) is 3.41. The van der Waals surface area contributed by atoms with E-state index in [1.807, 2.05) is 66.7 Å². The van der Waals surface area contributed by atoms with Gasteiger partial charge in [-0.15, -0.1) is 0 Å². The second kappa shape index (κ2) is 9.38. The van der Waals surface area contributed by atoms with Crippen molar-refractivity contribution in [1.82, 2.24) is 0 Å². The van der Waals surface area contributed by atoms with E-state index in [-0.39, 0.29) is 5.78 Å². The van der Waals surface area contributed by atoms with Gasteiger partial charge < -0.3 is 0 Å². The maximum absolute atomic E-state index is 13.4. The Bertz CT molecular complexity index is 1070. The van der Waals surface area contributed by atoms with E-state index in [4.69, 9.17) is 0 Å². The third-order valence-corrected chi connectivity index (χ3v) is 7.94. The lowest BCUT2D eigenvalue weighted by molar-refractivity contribution is -0.117. The minimum absolute atomic E-state index is 0.119. The molecule has 4 aromatic rings. The molecular weight excluding hydrogens is 404 g/mol. The zero-order valence-electron chi connectivity index (χ0n) is 16.7. The Labute approximate surface area is 186 Å². The molecule has 0 aromatic heterocycles. The van der Waals surface area contributed by atoms with Crippen LogP contribution in [-0.2, 0) is 8.87 Å². The molecule has 0 aliphatic heterocycles. The Morgan fingerprint density at radius 1 is 0.600 bits per heavy atom. The topological polar surface area (TPSA) is 17.1 Å². The van der Waals surface area contributed by atoms with E-state index < -0.39 is 4.08 Å². The van der Waals surface area contributed by atoms with Crippen LogP contribution in [0.5, 0.6) is 0 Å². The molecule has 4 rings (SSSR count). The molecule has 0 radical (unpaired) electrons. The van der Waals surface area contributed by atoms with Crippen molar-refractivity contribution >= 4 is 29.3 Å². The number of ketones is 1. The second-order valence-electron chi connectivity index (χ2n) is 6.91. The van der Waals surface area contributed by atoms with Crippen LogP contribution in [0.1, 0.15) is 12.5 Å². The molecule has 0 amide bonds. The summed E-state index contributed by atoms with van der Waals surface area (Å²) in [7, 11) is 0. The van der Waals surface area contributed by atoms with Crippen molar-refractivity contribution in [2.75, 3.05) is 0 Å². The minimum Gasteiger partial charge on any atom is -0.297 e. The largest absolute Gasteiger partial charge is 0.297 e. The highest BCUT2D eigenvalue weighted by Gasteiger charge is 2.41. The van der Waals surface area contributed by atoms with Crippen LogP contribution in [0.2, 0.25) is 0 Å². The van der Waals surface area contributed by atoms with Crippen molar-refractivity contribution in [2.45, 2.75) is 20.8 Å². The van der Waals surface area contributed by atoms with Gasteiger partial charge in [0, 0.05) is 9.79 Å². The number of hydrogen-bond acceptors (Lipinski definition) is 3. The predicted molar refractivity (Wildman–Crippen MR) is 129 cm³/mol. The van der Waals surface area contributed by atoms with Gasteiger partial charge in [-0.25, -0.2) is 0 Å². The fraction of sp³-hybridized carbons (Fsp3) is 0.0741. The van der Waals surface area contributed by atoms with Gasteiger partial charge in [0.2, 0.25) is 0 Å². The highest BCUT2D eigenvalue weighted by molar-refractivity contribution is 8.18. The van der Waals surface area contributed by atoms with Crippen molar-refractivity contribution in [3.63, 3.8) is 0 Å². The van der Waals surface area contributed by atoms with E-state index in [1.165, 1.54) is 0 Å². The molecule has 0 spiro atoms. The van der Waals surface area contributed by atoms with E-state index in [0.29, 0.717) is 0 Å². The van der Waals surface area contributed by atoms with Crippen LogP contribution in [0.3, 0.4) is 0 Å². The summed E-state index contributed by atoms with van der Waals surface area (Å²) in [5.74, 6) is 0.119. The minimum atomic E-state index is -0.810. The van der Waals surface area contributed by atoms with Crippen LogP contribution in [0.25, 0.3) is 11.1 Å². The number of thioether (sulfide) groups is 2. The molecule has 0 fully saturated rings. The van der Waals surface area contributed by atoms with Gasteiger partial charge in [0.05, 0.1) is 0 Å². The first kappa shape index (κ1) is 20.5. The molecule has 0 heterocycles. The summed E-state index contributed by atoms with van der Waals surface area (Å²) in [6.07, 6.45) is 0. The molecule has 148 valence electrons. The Hall–Kier alpha value is -2.75. The summed E-state index contributed by atoms with van der Waals surface area (Å²) in [6.45, 7) is 1.70. The van der Waals surface area contributed by atoms with E-state index in [1.54, 1.807) is 30.4 Å². The lowest BCUT2D eigenvalue weighted by atomic mass is 9.96. The fourth-order valence-corrected chi connectivity index (χ4v) is 6.27. The molecule has 0 saturated heterocycles. The number of carbonyl (C=O) groups excluding carboxylic acids is 1. The maximum Gasteiger partial charge on any atom is 0.161 e. The summed E-state index contributed by atoms with van der Waals surface area (Å²) >= 11 is 3.23. The molecule has 0 aliphatic rings. The van der Waals surface area contributed by atoms with Crippen LogP contribution >= 0.6 is 23.5 Å². The first-order valence-corrected chi connectivity index (χ1v) is 11.5. The Kier molecular flexibility index (Phi) is 6.41. The van der Waals surface area contributed by atoms with Crippen molar-refractivity contribution < 1.29 is 4.79 Å². The first-order chi connectivity index (χ1) is 14.7. The quantitative estimate of drug-likeness (QED) is 0.223. The summed E-state index contributed by atoms with van der Waals surface area (Å²) in [4.78, 5) is 15.6. The number of Topliss-reactive ketones (excluding diaryl/α,β-unsaturated/α-hetero) is 1. The van der Waals surface area contributed by atoms with Crippen LogP contribution in [0.4, 0.5) is 0 Å². The molecular formula is C27H22OS2. The molecule has 30 heavy (non-hydrogen) atoms. The molecule has 0 aliphatic carbocycles. The number of carbonyl (C=O) groups is 1. The molecule has 1 nitrogen and oxygen atoms in total. The standard InChI is InChI=1S/C27H22OS2/c1-21(28)27(29-23-15-7-3-8-16-23,30-24-17-9-4-10-18-24)26-20-12-11-19-25(26)22-13-5-2-6-14-22/h2-20H,1H3. The third-order valence-electron chi connectivity index (χ3n) is 4.84. The van der Waals surface area contributed by atoms with Gasteiger partial charge in [0.1, 0.15) is 0 Å². The molecule has 0 saturated carbocycles. The average Bonchev–Trinajstić information content (AvgIpc) is 2.80. The maximum atomic E-state index is 13.4. The van der Waals surface area contributed by atoms with Gasteiger partial charge >= 0.3 is 0 Å². The summed E-state index contributed by atoms with van der Waals surface area (Å²) in [5, 5.41) is 0. The van der Waals surface area contributed by atoms with Crippen LogP contribution in [0, 0.1) is 0 Å². The molecule has 4 aromatic carbocycles. The van der Waals surface area contributed by atoms with Crippen molar-refractivity contribution in [3.05, 3.63) is 121 Å². The Morgan fingerprint density at radius 3 is 1.53 bits per heavy atom. The first-order valence-electron chi connectivity index (χ1n) is 9.83. The van der Waals surface area contributed by atoms with Gasteiger partial charge in [-0.05, 0) is 47.9 Å². The van der Waals surface area contributed by atoms with E-state index in [9.17, 15) is 4.79 Å². The monoisotopic (exact) mass is 426 g/mol. The Morgan fingerprint density at radius 2 is 1.03 bits per heavy atom. The summed E-state index contributed by atoms with van der Waals surface area (Å²) in [5.41, 5.74) is 3.22. The summed E-state index contributed by atoms with van der Waals surface area (Å²) in [6, 6.07) is 38.9. The Balaban J connectivity index is 1.92. The van der Waals surface area contributed by atoms with E-state index >= 15 is 0 Å². The molecule has 0 unspecified atom stereocenters. The highest BCUT2D eigenvalue weighted by atomic mass is 32.2. The molecule has 0 N–H and O–H groups in total. The third kappa shape index (κ3) is 4.38. The smallest absolute Gasteiger partial charge is 0.161 e. The van der Waals surface area contributed by atoms with Gasteiger partial charge in [0.15, 0.2) is 9.86 Å². The van der Waals surface area contributed by atoms with Crippen LogP contribution in [0.15, 0.2) is 125 Å². The van der Waals surface area contributed by atoms with Gasteiger partial charge in [-0.3, -0.25) is 4.79 Å². The van der Waals surface area contributed by atoms with Crippen LogP contribution in [-0.4, -0.2) is 5.78 Å². The second-order valence-corrected chi connectivity index (χ2v) is 9.75. The van der Waals surface area contributed by atoms with E-state index in [2.05, 4.69) is 48.5 Å². The zero-order chi connectivity index (χ0) is 20.8. The van der Waals surface area contributed by atoms with Gasteiger partial charge in [0.25, 0.3) is 0 Å². The number of hydrogen-bond donors (Lipinski definition) is 0. The van der Waals surface area contributed by atoms with E-state index in [0.717, 1.165) is 26.5 Å². The van der Waals surface area contributed by atoms with Gasteiger partial charge in [-0.1, -0.05) is 115 Å². The average molecular weight is 427 g/mol. The zero-order valence-corrected chi connectivity index (χ0v) is 18.3. The lowest BCUT2D eigenvalue weighted by Gasteiger charge is -2.32. The molecule has 0 atom stereocenters. The van der Waals surface area contributed by atoms with Gasteiger partial charge in [-0.2, -0.15) is 0 Å². The van der Waals surface area contributed by atoms with Crippen molar-refractivity contribution in [3.8, 4) is 11.1 Å². The molecule has 0 bridgehead atoms. The normalized spacial score (nSPS) is 11.2. The number of rotatable bonds is 7. The van der Waals surface area contributed by atoms with Crippen molar-refractivity contribution in [2.24, 2.45) is 0 Å². The predicted octanol–water partition coefficient (Wildman–Crippen LogP) is 7.68. The SMILES string of the molecule is CC(=O)C(Sc1ccccc1)(Sc1ccccc1)c1ccccc1-c1ccccc1. The molecule has 3 heteroatoms. The summed E-state index contributed by atoms with van der Waals surface area (Å²) < 4.78 is -0.810. The lowest BCUT2D eigenvalue weighted by Crippen LogP contribution is -2.27. The van der Waals surface area contributed by atoms with Crippen LogP contribution < -0.4 is 0 Å². The number of benzene rings is 4.